The van der Waals surface area contributed by atoms with E-state index in [0.717, 1.165) is 30.3 Å². The maximum absolute atomic E-state index is 13.2. The second-order valence-electron chi connectivity index (χ2n) is 7.36. The summed E-state index contributed by atoms with van der Waals surface area (Å²) in [5.41, 5.74) is -4.42. The van der Waals surface area contributed by atoms with Crippen LogP contribution in [0.15, 0.2) is 60.7 Å². The smallest absolute Gasteiger partial charge is 0.416 e. The average Bonchev–Trinajstić information content (AvgIpc) is 2.71. The molecule has 0 atom stereocenters. The third kappa shape index (κ3) is 5.89. The predicted molar refractivity (Wildman–Crippen MR) is 104 cm³/mol. The van der Waals surface area contributed by atoms with Crippen LogP contribution in [0.3, 0.4) is 0 Å². The first-order chi connectivity index (χ1) is 15.5. The maximum Gasteiger partial charge on any atom is 0.416 e. The highest BCUT2D eigenvalue weighted by Crippen LogP contribution is 2.40. The Hall–Kier alpha value is -3.50. The fourth-order valence-electron chi connectivity index (χ4n) is 3.28. The maximum atomic E-state index is 13.2. The molecule has 11 heteroatoms. The molecule has 180 valence electrons. The fraction of sp³-hybridized carbons (Fsp3) is 0.174. The van der Waals surface area contributed by atoms with Crippen LogP contribution in [-0.2, 0) is 29.7 Å². The first kappa shape index (κ1) is 25.1. The molecule has 0 spiro atoms. The predicted octanol–water partition coefficient (Wildman–Crippen LogP) is 7.70. The van der Waals surface area contributed by atoms with Crippen LogP contribution in [-0.4, -0.2) is 11.1 Å². The minimum absolute atomic E-state index is 0.0332. The van der Waals surface area contributed by atoms with Crippen molar-refractivity contribution in [3.8, 4) is 22.3 Å². The molecule has 0 aliphatic rings. The van der Waals surface area contributed by atoms with Gasteiger partial charge in [-0.2, -0.15) is 39.5 Å². The van der Waals surface area contributed by atoms with Crippen molar-refractivity contribution in [2.24, 2.45) is 0 Å². The van der Waals surface area contributed by atoms with E-state index in [1.54, 1.807) is 0 Å². The summed E-state index contributed by atoms with van der Waals surface area (Å²) in [5.74, 6) is -1.32. The lowest BCUT2D eigenvalue weighted by Crippen LogP contribution is -2.11. The molecule has 0 radical (unpaired) electrons. The standard InChI is InChI=1S/C23H13F9O2/c24-21(25,26)17-3-1-13(2-4-17)14-5-12(7-20(33)34)6-15(8-14)16-9-18(22(27,28)29)11-19(10-16)23(30,31)32/h1-6,8-11H,7H2,(H,33,34). The molecule has 0 saturated carbocycles. The van der Waals surface area contributed by atoms with Crippen molar-refractivity contribution in [1.29, 1.82) is 0 Å². The third-order valence-electron chi connectivity index (χ3n) is 4.81. The lowest BCUT2D eigenvalue weighted by Gasteiger charge is -2.16. The number of carboxylic acids is 1. The number of rotatable bonds is 4. The quantitative estimate of drug-likeness (QED) is 0.379. The van der Waals surface area contributed by atoms with Crippen LogP contribution in [0.5, 0.6) is 0 Å². The van der Waals surface area contributed by atoms with E-state index in [2.05, 4.69) is 0 Å². The van der Waals surface area contributed by atoms with E-state index in [1.165, 1.54) is 12.1 Å². The number of aliphatic carboxylic acids is 1. The van der Waals surface area contributed by atoms with E-state index < -0.39 is 53.2 Å². The van der Waals surface area contributed by atoms with Crippen LogP contribution in [0.1, 0.15) is 22.3 Å². The zero-order valence-electron chi connectivity index (χ0n) is 16.7. The van der Waals surface area contributed by atoms with Crippen LogP contribution >= 0.6 is 0 Å². The Bertz CT molecular complexity index is 1170. The summed E-state index contributed by atoms with van der Waals surface area (Å²) in [7, 11) is 0. The Morgan fingerprint density at radius 1 is 0.559 bits per heavy atom. The second-order valence-corrected chi connectivity index (χ2v) is 7.36. The highest BCUT2D eigenvalue weighted by atomic mass is 19.4. The molecular formula is C23H13F9O2. The topological polar surface area (TPSA) is 37.3 Å². The van der Waals surface area contributed by atoms with Gasteiger partial charge in [0.1, 0.15) is 0 Å². The summed E-state index contributed by atoms with van der Waals surface area (Å²) >= 11 is 0. The van der Waals surface area contributed by atoms with Crippen LogP contribution in [0.2, 0.25) is 0 Å². The highest BCUT2D eigenvalue weighted by Gasteiger charge is 2.37. The van der Waals surface area contributed by atoms with Gasteiger partial charge in [0, 0.05) is 0 Å². The average molecular weight is 492 g/mol. The van der Waals surface area contributed by atoms with Gasteiger partial charge in [0.2, 0.25) is 0 Å². The van der Waals surface area contributed by atoms with Gasteiger partial charge in [-0.15, -0.1) is 0 Å². The van der Waals surface area contributed by atoms with Crippen molar-refractivity contribution >= 4 is 5.97 Å². The summed E-state index contributed by atoms with van der Waals surface area (Å²) in [6.07, 6.45) is -15.4. The number of carbonyl (C=O) groups is 1. The molecule has 0 fully saturated rings. The summed E-state index contributed by atoms with van der Waals surface area (Å²) < 4.78 is 118. The Kier molecular flexibility index (Phi) is 6.43. The summed E-state index contributed by atoms with van der Waals surface area (Å²) in [6.45, 7) is 0. The van der Waals surface area contributed by atoms with Gasteiger partial charge in [-0.1, -0.05) is 24.3 Å². The molecule has 0 aliphatic heterocycles. The third-order valence-corrected chi connectivity index (χ3v) is 4.81. The van der Waals surface area contributed by atoms with Crippen molar-refractivity contribution in [1.82, 2.24) is 0 Å². The van der Waals surface area contributed by atoms with Crippen molar-refractivity contribution in [2.45, 2.75) is 24.9 Å². The van der Waals surface area contributed by atoms with Gasteiger partial charge < -0.3 is 5.11 Å². The Morgan fingerprint density at radius 3 is 1.38 bits per heavy atom. The molecule has 3 aromatic rings. The van der Waals surface area contributed by atoms with Crippen LogP contribution in [0.4, 0.5) is 39.5 Å². The minimum Gasteiger partial charge on any atom is -0.481 e. The molecule has 2 nitrogen and oxygen atoms in total. The minimum atomic E-state index is -5.09. The molecule has 0 heterocycles. The second kappa shape index (κ2) is 8.69. The molecule has 0 aliphatic carbocycles. The lowest BCUT2D eigenvalue weighted by atomic mass is 9.93. The van der Waals surface area contributed by atoms with Crippen molar-refractivity contribution in [3.63, 3.8) is 0 Å². The number of halogens is 9. The van der Waals surface area contributed by atoms with Gasteiger partial charge in [0.05, 0.1) is 23.1 Å². The molecule has 0 bridgehead atoms. The zero-order chi connectivity index (χ0) is 25.5. The SMILES string of the molecule is O=C(O)Cc1cc(-c2ccc(C(F)(F)F)cc2)cc(-c2cc(C(F)(F)F)cc(C(F)(F)F)c2)c1. The molecular weight excluding hydrogens is 479 g/mol. The molecule has 3 rings (SSSR count). The van der Waals surface area contributed by atoms with Crippen molar-refractivity contribution in [3.05, 3.63) is 82.9 Å². The number of carboxylic acid groups (broad SMARTS) is 1. The molecule has 34 heavy (non-hydrogen) atoms. The van der Waals surface area contributed by atoms with Crippen molar-refractivity contribution < 1.29 is 49.4 Å². The summed E-state index contributed by atoms with van der Waals surface area (Å²) in [4.78, 5) is 11.2. The van der Waals surface area contributed by atoms with Crippen LogP contribution < -0.4 is 0 Å². The number of hydrogen-bond acceptors (Lipinski definition) is 1. The molecule has 0 saturated heterocycles. The number of alkyl halides is 9. The lowest BCUT2D eigenvalue weighted by molar-refractivity contribution is -0.143. The Labute approximate surface area is 186 Å². The number of hydrogen-bond donors (Lipinski definition) is 1. The largest absolute Gasteiger partial charge is 0.481 e. The molecule has 0 amide bonds. The van der Waals surface area contributed by atoms with Gasteiger partial charge in [0.25, 0.3) is 0 Å². The van der Waals surface area contributed by atoms with Crippen LogP contribution in [0.25, 0.3) is 22.3 Å². The van der Waals surface area contributed by atoms with Gasteiger partial charge in [-0.05, 0) is 64.2 Å². The monoisotopic (exact) mass is 492 g/mol. The normalized spacial score (nSPS) is 12.6. The first-order valence-electron chi connectivity index (χ1n) is 9.37. The summed E-state index contributed by atoms with van der Waals surface area (Å²) in [6, 6.07) is 8.19. The van der Waals surface area contributed by atoms with E-state index in [9.17, 15) is 44.3 Å². The van der Waals surface area contributed by atoms with Crippen molar-refractivity contribution in [2.75, 3.05) is 0 Å². The Balaban J connectivity index is 2.21. The van der Waals surface area contributed by atoms with Gasteiger partial charge >= 0.3 is 24.5 Å². The van der Waals surface area contributed by atoms with E-state index in [1.807, 2.05) is 0 Å². The zero-order valence-corrected chi connectivity index (χ0v) is 16.7. The molecule has 3 aromatic carbocycles. The van der Waals surface area contributed by atoms with Gasteiger partial charge in [-0.3, -0.25) is 4.79 Å². The van der Waals surface area contributed by atoms with E-state index in [-0.39, 0.29) is 28.3 Å². The Morgan fingerprint density at radius 2 is 0.971 bits per heavy atom. The van der Waals surface area contributed by atoms with E-state index in [0.29, 0.717) is 12.1 Å². The molecule has 1 N–H and O–H groups in total. The van der Waals surface area contributed by atoms with Gasteiger partial charge in [-0.25, -0.2) is 0 Å². The number of benzene rings is 3. The van der Waals surface area contributed by atoms with Gasteiger partial charge in [0.15, 0.2) is 0 Å². The van der Waals surface area contributed by atoms with E-state index >= 15 is 0 Å². The summed E-state index contributed by atoms with van der Waals surface area (Å²) in [5, 5.41) is 9.09. The fourth-order valence-corrected chi connectivity index (χ4v) is 3.28. The highest BCUT2D eigenvalue weighted by molar-refractivity contribution is 5.78. The van der Waals surface area contributed by atoms with E-state index in [4.69, 9.17) is 5.11 Å². The van der Waals surface area contributed by atoms with Crippen LogP contribution in [0, 0.1) is 0 Å². The molecule has 0 unspecified atom stereocenters. The first-order valence-corrected chi connectivity index (χ1v) is 9.37. The molecule has 0 aromatic heterocycles.